The zero-order chi connectivity index (χ0) is 16.2. The van der Waals surface area contributed by atoms with Gasteiger partial charge in [0, 0.05) is 0 Å². The summed E-state index contributed by atoms with van der Waals surface area (Å²) in [5.41, 5.74) is 3.28. The zero-order valence-corrected chi connectivity index (χ0v) is 13.2. The molecule has 23 heavy (non-hydrogen) atoms. The number of ether oxygens (including phenoxy) is 1. The average molecular weight is 306 g/mol. The van der Waals surface area contributed by atoms with Gasteiger partial charge >= 0.3 is 0 Å². The van der Waals surface area contributed by atoms with E-state index in [1.54, 1.807) is 6.92 Å². The topological polar surface area (TPSA) is 39.4 Å². The van der Waals surface area contributed by atoms with Gasteiger partial charge in [-0.05, 0) is 30.5 Å². The third-order valence-corrected chi connectivity index (χ3v) is 3.79. The van der Waals surface area contributed by atoms with Gasteiger partial charge in [-0.25, -0.2) is 0 Å². The van der Waals surface area contributed by atoms with Gasteiger partial charge in [0.2, 0.25) is 11.2 Å². The summed E-state index contributed by atoms with van der Waals surface area (Å²) in [6.45, 7) is 4.05. The summed E-state index contributed by atoms with van der Waals surface area (Å²) in [5.74, 6) is 0.762. The minimum Gasteiger partial charge on any atom is -0.482 e. The molecule has 0 saturated carbocycles. The van der Waals surface area contributed by atoms with Crippen molar-refractivity contribution < 1.29 is 9.15 Å². The van der Waals surface area contributed by atoms with Gasteiger partial charge in [-0.3, -0.25) is 4.79 Å². The van der Waals surface area contributed by atoms with Crippen LogP contribution in [0.1, 0.15) is 16.9 Å². The quantitative estimate of drug-likeness (QED) is 0.712. The van der Waals surface area contributed by atoms with Gasteiger partial charge in [-0.1, -0.05) is 54.6 Å². The summed E-state index contributed by atoms with van der Waals surface area (Å²) in [6, 6.07) is 17.5. The summed E-state index contributed by atoms with van der Waals surface area (Å²) < 4.78 is 11.3. The number of hydrogen-bond donors (Lipinski definition) is 0. The fourth-order valence-corrected chi connectivity index (χ4v) is 2.49. The highest BCUT2D eigenvalue weighted by Gasteiger charge is 2.15. The predicted molar refractivity (Wildman–Crippen MR) is 90.7 cm³/mol. The van der Waals surface area contributed by atoms with Crippen LogP contribution in [0.25, 0.3) is 11.1 Å². The Balaban J connectivity index is 1.97. The van der Waals surface area contributed by atoms with Gasteiger partial charge in [0.25, 0.3) is 0 Å². The van der Waals surface area contributed by atoms with Gasteiger partial charge in [0.05, 0.1) is 5.56 Å². The number of hydrogen-bond acceptors (Lipinski definition) is 3. The van der Waals surface area contributed by atoms with E-state index >= 15 is 0 Å². The zero-order valence-electron chi connectivity index (χ0n) is 13.2. The number of benzene rings is 2. The highest BCUT2D eigenvalue weighted by molar-refractivity contribution is 5.67. The average Bonchev–Trinajstić information content (AvgIpc) is 2.57. The first-order valence-electron chi connectivity index (χ1n) is 7.52. The molecule has 1 heterocycles. The molecule has 0 radical (unpaired) electrons. The Hall–Kier alpha value is -2.81. The first kappa shape index (κ1) is 15.1. The SMILES string of the molecule is Cc1ccccc1-c1coc(C)c(OCc2ccccc2)c1=O. The molecule has 116 valence electrons. The van der Waals surface area contributed by atoms with E-state index in [9.17, 15) is 4.79 Å². The molecule has 0 unspecified atom stereocenters. The van der Waals surface area contributed by atoms with Crippen LogP contribution in [-0.4, -0.2) is 0 Å². The van der Waals surface area contributed by atoms with E-state index in [0.29, 0.717) is 17.9 Å². The van der Waals surface area contributed by atoms with E-state index in [1.165, 1.54) is 6.26 Å². The maximum atomic E-state index is 12.8. The van der Waals surface area contributed by atoms with Crippen molar-refractivity contribution >= 4 is 0 Å². The van der Waals surface area contributed by atoms with E-state index in [-0.39, 0.29) is 11.2 Å². The summed E-state index contributed by atoms with van der Waals surface area (Å²) in [7, 11) is 0. The number of aryl methyl sites for hydroxylation is 2. The van der Waals surface area contributed by atoms with Crippen LogP contribution in [0.15, 0.2) is 70.1 Å². The van der Waals surface area contributed by atoms with Crippen molar-refractivity contribution in [2.75, 3.05) is 0 Å². The molecule has 0 bridgehead atoms. The van der Waals surface area contributed by atoms with Crippen LogP contribution < -0.4 is 10.2 Å². The largest absolute Gasteiger partial charge is 0.482 e. The summed E-state index contributed by atoms with van der Waals surface area (Å²) in [4.78, 5) is 12.8. The van der Waals surface area contributed by atoms with E-state index in [1.807, 2.05) is 61.5 Å². The molecular weight excluding hydrogens is 288 g/mol. The summed E-state index contributed by atoms with van der Waals surface area (Å²) in [6.07, 6.45) is 1.51. The van der Waals surface area contributed by atoms with Crippen molar-refractivity contribution in [1.82, 2.24) is 0 Å². The van der Waals surface area contributed by atoms with Crippen molar-refractivity contribution in [2.45, 2.75) is 20.5 Å². The monoisotopic (exact) mass is 306 g/mol. The van der Waals surface area contributed by atoms with E-state index in [4.69, 9.17) is 9.15 Å². The summed E-state index contributed by atoms with van der Waals surface area (Å²) in [5, 5.41) is 0. The molecule has 0 fully saturated rings. The molecule has 3 rings (SSSR count). The van der Waals surface area contributed by atoms with E-state index < -0.39 is 0 Å². The second-order valence-corrected chi connectivity index (χ2v) is 5.45. The molecule has 0 saturated heterocycles. The normalized spacial score (nSPS) is 10.5. The second-order valence-electron chi connectivity index (χ2n) is 5.45. The Morgan fingerprint density at radius 3 is 2.35 bits per heavy atom. The van der Waals surface area contributed by atoms with Gasteiger partial charge in [0.1, 0.15) is 18.6 Å². The fourth-order valence-electron chi connectivity index (χ4n) is 2.49. The highest BCUT2D eigenvalue weighted by Crippen LogP contribution is 2.24. The van der Waals surface area contributed by atoms with E-state index in [0.717, 1.165) is 16.7 Å². The van der Waals surface area contributed by atoms with Gasteiger partial charge in [-0.2, -0.15) is 0 Å². The molecule has 0 aliphatic heterocycles. The van der Waals surface area contributed by atoms with E-state index in [2.05, 4.69) is 0 Å². The molecule has 3 nitrogen and oxygen atoms in total. The Labute approximate surface area is 135 Å². The molecule has 0 spiro atoms. The summed E-state index contributed by atoms with van der Waals surface area (Å²) >= 11 is 0. The van der Waals surface area contributed by atoms with Crippen LogP contribution in [-0.2, 0) is 6.61 Å². The third-order valence-electron chi connectivity index (χ3n) is 3.79. The lowest BCUT2D eigenvalue weighted by Crippen LogP contribution is -2.12. The molecule has 0 aliphatic carbocycles. The lowest BCUT2D eigenvalue weighted by molar-refractivity contribution is 0.287. The van der Waals surface area contributed by atoms with Crippen LogP contribution in [0.4, 0.5) is 0 Å². The fraction of sp³-hybridized carbons (Fsp3) is 0.150. The van der Waals surface area contributed by atoms with Crippen LogP contribution in [0.2, 0.25) is 0 Å². The predicted octanol–water partition coefficient (Wildman–Crippen LogP) is 4.50. The molecule has 1 aromatic heterocycles. The molecule has 0 N–H and O–H groups in total. The van der Waals surface area contributed by atoms with Crippen molar-refractivity contribution in [3.8, 4) is 16.9 Å². The molecule has 0 atom stereocenters. The first-order valence-corrected chi connectivity index (χ1v) is 7.52. The standard InChI is InChI=1S/C20H18O3/c1-14-8-6-7-11-17(14)18-13-22-15(2)20(19(18)21)23-12-16-9-4-3-5-10-16/h3-11,13H,12H2,1-2H3. The Morgan fingerprint density at radius 2 is 1.61 bits per heavy atom. The molecule has 3 heteroatoms. The van der Waals surface area contributed by atoms with Crippen LogP contribution >= 0.6 is 0 Å². The highest BCUT2D eigenvalue weighted by atomic mass is 16.5. The first-order chi connectivity index (χ1) is 11.2. The minimum atomic E-state index is -0.140. The molecular formula is C20H18O3. The number of rotatable bonds is 4. The molecule has 2 aromatic carbocycles. The smallest absolute Gasteiger partial charge is 0.234 e. The Kier molecular flexibility index (Phi) is 4.29. The minimum absolute atomic E-state index is 0.140. The second kappa shape index (κ2) is 6.53. The van der Waals surface area contributed by atoms with Crippen molar-refractivity contribution in [3.63, 3.8) is 0 Å². The molecule has 3 aromatic rings. The van der Waals surface area contributed by atoms with Crippen molar-refractivity contribution in [2.24, 2.45) is 0 Å². The van der Waals surface area contributed by atoms with Gasteiger partial charge in [-0.15, -0.1) is 0 Å². The van der Waals surface area contributed by atoms with Gasteiger partial charge < -0.3 is 9.15 Å². The van der Waals surface area contributed by atoms with Crippen LogP contribution in [0.3, 0.4) is 0 Å². The van der Waals surface area contributed by atoms with Crippen molar-refractivity contribution in [3.05, 3.63) is 88.0 Å². The van der Waals surface area contributed by atoms with Crippen molar-refractivity contribution in [1.29, 1.82) is 0 Å². The van der Waals surface area contributed by atoms with Gasteiger partial charge in [0.15, 0.2) is 0 Å². The van der Waals surface area contributed by atoms with Crippen LogP contribution in [0, 0.1) is 13.8 Å². The third kappa shape index (κ3) is 3.19. The maximum Gasteiger partial charge on any atom is 0.234 e. The lowest BCUT2D eigenvalue weighted by atomic mass is 10.0. The maximum absolute atomic E-state index is 12.8. The Morgan fingerprint density at radius 1 is 0.913 bits per heavy atom. The van der Waals surface area contributed by atoms with Crippen LogP contribution in [0.5, 0.6) is 5.75 Å². The lowest BCUT2D eigenvalue weighted by Gasteiger charge is -2.10. The molecule has 0 aliphatic rings. The molecule has 0 amide bonds. The Bertz CT molecular complexity index is 864.